The maximum atomic E-state index is 13.2. The van der Waals surface area contributed by atoms with Gasteiger partial charge in [-0.2, -0.15) is 0 Å². The molecule has 1 N–H and O–H groups in total. The van der Waals surface area contributed by atoms with Crippen molar-refractivity contribution >= 4 is 21.4 Å². The number of morpholine rings is 1. The third-order valence-electron chi connectivity index (χ3n) is 5.09. The normalized spacial score (nSPS) is 19.2. The lowest BCUT2D eigenvalue weighted by atomic mass is 10.1. The van der Waals surface area contributed by atoms with Gasteiger partial charge in [-0.05, 0) is 18.6 Å². The van der Waals surface area contributed by atoms with Gasteiger partial charge in [0.05, 0.1) is 23.8 Å². The maximum absolute atomic E-state index is 13.2. The Morgan fingerprint density at radius 3 is 2.39 bits per heavy atom. The molecule has 1 atom stereocenters. The molecule has 4 rings (SSSR count). The van der Waals surface area contributed by atoms with Crippen molar-refractivity contribution in [1.82, 2.24) is 10.2 Å². The van der Waals surface area contributed by atoms with E-state index in [4.69, 9.17) is 4.74 Å². The molecule has 0 radical (unpaired) electrons. The molecule has 0 bridgehead atoms. The van der Waals surface area contributed by atoms with Crippen molar-refractivity contribution < 1.29 is 17.9 Å². The van der Waals surface area contributed by atoms with Crippen LogP contribution in [0.25, 0.3) is 5.70 Å². The van der Waals surface area contributed by atoms with E-state index >= 15 is 0 Å². The summed E-state index contributed by atoms with van der Waals surface area (Å²) < 4.78 is 31.7. The summed E-state index contributed by atoms with van der Waals surface area (Å²) >= 11 is 0. The van der Waals surface area contributed by atoms with E-state index < -0.39 is 15.7 Å². The van der Waals surface area contributed by atoms with Crippen molar-refractivity contribution in [2.24, 2.45) is 0 Å². The smallest absolute Gasteiger partial charge is 0.268 e. The van der Waals surface area contributed by atoms with Gasteiger partial charge in [-0.25, -0.2) is 8.42 Å². The van der Waals surface area contributed by atoms with E-state index in [-0.39, 0.29) is 15.8 Å². The molecular weight excluding hydrogens is 376 g/mol. The molecular formula is C21H22N2O4S. The zero-order valence-electron chi connectivity index (χ0n) is 15.6. The van der Waals surface area contributed by atoms with Crippen LogP contribution < -0.4 is 5.32 Å². The van der Waals surface area contributed by atoms with Gasteiger partial charge < -0.3 is 15.0 Å². The number of fused-ring (bicyclic) bond motifs is 1. The van der Waals surface area contributed by atoms with Crippen molar-refractivity contribution in [2.75, 3.05) is 26.3 Å². The van der Waals surface area contributed by atoms with E-state index in [1.807, 2.05) is 37.3 Å². The van der Waals surface area contributed by atoms with Gasteiger partial charge in [0, 0.05) is 24.7 Å². The van der Waals surface area contributed by atoms with Gasteiger partial charge in [0.25, 0.3) is 5.91 Å². The predicted octanol–water partition coefficient (Wildman–Crippen LogP) is 2.35. The number of nitrogens with one attached hydrogen (secondary N) is 1. The van der Waals surface area contributed by atoms with Crippen molar-refractivity contribution in [2.45, 2.75) is 17.9 Å². The molecule has 0 aromatic heterocycles. The molecule has 2 aromatic carbocycles. The highest BCUT2D eigenvalue weighted by atomic mass is 32.2. The Morgan fingerprint density at radius 2 is 1.68 bits per heavy atom. The summed E-state index contributed by atoms with van der Waals surface area (Å²) in [6.45, 7) is 3.54. The Kier molecular flexibility index (Phi) is 4.95. The summed E-state index contributed by atoms with van der Waals surface area (Å²) in [4.78, 5) is 14.8. The highest BCUT2D eigenvalue weighted by Crippen LogP contribution is 2.39. The molecule has 146 valence electrons. The first kappa shape index (κ1) is 18.7. The van der Waals surface area contributed by atoms with Crippen LogP contribution in [0, 0.1) is 0 Å². The van der Waals surface area contributed by atoms with E-state index in [1.54, 1.807) is 29.2 Å². The third kappa shape index (κ3) is 3.21. The van der Waals surface area contributed by atoms with E-state index in [0.29, 0.717) is 37.6 Å². The van der Waals surface area contributed by atoms with Gasteiger partial charge in [0.15, 0.2) is 4.91 Å². The largest absolute Gasteiger partial charge is 0.378 e. The number of benzene rings is 2. The van der Waals surface area contributed by atoms with E-state index in [9.17, 15) is 13.2 Å². The molecule has 28 heavy (non-hydrogen) atoms. The molecule has 6 nitrogen and oxygen atoms in total. The van der Waals surface area contributed by atoms with Crippen LogP contribution in [0.15, 0.2) is 64.4 Å². The van der Waals surface area contributed by atoms with Gasteiger partial charge in [-0.3, -0.25) is 4.79 Å². The Bertz CT molecular complexity index is 1030. The van der Waals surface area contributed by atoms with Gasteiger partial charge in [-0.15, -0.1) is 0 Å². The second-order valence-corrected chi connectivity index (χ2v) is 8.74. The minimum atomic E-state index is -3.89. The fourth-order valence-electron chi connectivity index (χ4n) is 3.59. The number of nitrogens with zero attached hydrogens (tertiary/aromatic N) is 1. The van der Waals surface area contributed by atoms with Crippen LogP contribution in [0.2, 0.25) is 0 Å². The van der Waals surface area contributed by atoms with Crippen LogP contribution in [-0.4, -0.2) is 45.5 Å². The summed E-state index contributed by atoms with van der Waals surface area (Å²) in [6, 6.07) is 16.3. The highest BCUT2D eigenvalue weighted by Gasteiger charge is 2.42. The summed E-state index contributed by atoms with van der Waals surface area (Å²) in [5.41, 5.74) is 1.93. The minimum Gasteiger partial charge on any atom is -0.378 e. The number of carbonyl (C=O) groups is 1. The topological polar surface area (TPSA) is 75.7 Å². The minimum absolute atomic E-state index is 0.162. The van der Waals surface area contributed by atoms with Crippen LogP contribution in [0.4, 0.5) is 0 Å². The Hall–Kier alpha value is -2.64. The molecule has 2 aliphatic heterocycles. The maximum Gasteiger partial charge on any atom is 0.268 e. The Labute approximate surface area is 164 Å². The number of hydrogen-bond acceptors (Lipinski definition) is 5. The molecule has 0 spiro atoms. The molecule has 7 heteroatoms. The van der Waals surface area contributed by atoms with Gasteiger partial charge in [0.2, 0.25) is 9.84 Å². The van der Waals surface area contributed by atoms with Crippen molar-refractivity contribution in [3.63, 3.8) is 0 Å². The summed E-state index contributed by atoms with van der Waals surface area (Å²) in [5.74, 6) is -0.470. The predicted molar refractivity (Wildman–Crippen MR) is 106 cm³/mol. The summed E-state index contributed by atoms with van der Waals surface area (Å²) in [7, 11) is -3.89. The number of amides is 1. The zero-order chi connectivity index (χ0) is 19.7. The van der Waals surface area contributed by atoms with Crippen LogP contribution in [0.3, 0.4) is 0 Å². The molecule has 1 amide bonds. The molecule has 2 heterocycles. The molecule has 2 aliphatic rings. The Balaban J connectivity index is 1.79. The first-order valence-electron chi connectivity index (χ1n) is 9.27. The van der Waals surface area contributed by atoms with E-state index in [2.05, 4.69) is 5.32 Å². The quantitative estimate of drug-likeness (QED) is 0.856. The molecule has 0 unspecified atom stereocenters. The SMILES string of the molecule is C[C@@H](NC1=C(C(=O)N2CCOCC2)S(=O)(=O)c2ccccc21)c1ccccc1. The second-order valence-electron chi connectivity index (χ2n) is 6.89. The zero-order valence-corrected chi connectivity index (χ0v) is 16.4. The van der Waals surface area contributed by atoms with Crippen molar-refractivity contribution in [3.05, 3.63) is 70.6 Å². The van der Waals surface area contributed by atoms with Crippen molar-refractivity contribution in [1.29, 1.82) is 0 Å². The molecule has 1 fully saturated rings. The number of sulfone groups is 1. The molecule has 0 saturated carbocycles. The number of ether oxygens (including phenoxy) is 1. The fraction of sp³-hybridized carbons (Fsp3) is 0.286. The van der Waals surface area contributed by atoms with Gasteiger partial charge in [-0.1, -0.05) is 48.5 Å². The lowest BCUT2D eigenvalue weighted by Crippen LogP contribution is -2.42. The number of hydrogen-bond donors (Lipinski definition) is 1. The van der Waals surface area contributed by atoms with Crippen molar-refractivity contribution in [3.8, 4) is 0 Å². The second kappa shape index (κ2) is 7.41. The molecule has 2 aromatic rings. The average molecular weight is 398 g/mol. The summed E-state index contributed by atoms with van der Waals surface area (Å²) in [5, 5.41) is 3.30. The number of carbonyl (C=O) groups excluding carboxylic acids is 1. The van der Waals surface area contributed by atoms with Crippen LogP contribution in [-0.2, 0) is 19.4 Å². The van der Waals surface area contributed by atoms with E-state index in [0.717, 1.165) is 5.56 Å². The monoisotopic (exact) mass is 398 g/mol. The first-order valence-corrected chi connectivity index (χ1v) is 10.8. The average Bonchev–Trinajstić information content (AvgIpc) is 2.95. The Morgan fingerprint density at radius 1 is 1.04 bits per heavy atom. The van der Waals surface area contributed by atoms with Crippen LogP contribution in [0.5, 0.6) is 0 Å². The summed E-state index contributed by atoms with van der Waals surface area (Å²) in [6.07, 6.45) is 0. The highest BCUT2D eigenvalue weighted by molar-refractivity contribution is 7.97. The van der Waals surface area contributed by atoms with Crippen LogP contribution >= 0.6 is 0 Å². The van der Waals surface area contributed by atoms with E-state index in [1.165, 1.54) is 0 Å². The van der Waals surface area contributed by atoms with Gasteiger partial charge in [0.1, 0.15) is 0 Å². The fourth-order valence-corrected chi connectivity index (χ4v) is 5.32. The molecule has 0 aliphatic carbocycles. The van der Waals surface area contributed by atoms with Gasteiger partial charge >= 0.3 is 0 Å². The standard InChI is InChI=1S/C21H22N2O4S/c1-15(16-7-3-2-4-8-16)22-19-17-9-5-6-10-18(17)28(25,26)20(19)21(24)23-11-13-27-14-12-23/h2-10,15,22H,11-14H2,1H3/t15-/m1/s1. The lowest BCUT2D eigenvalue weighted by molar-refractivity contribution is -0.130. The lowest BCUT2D eigenvalue weighted by Gasteiger charge is -2.27. The third-order valence-corrected chi connectivity index (χ3v) is 6.95. The molecule has 1 saturated heterocycles. The number of rotatable bonds is 4. The first-order chi connectivity index (χ1) is 13.5. The van der Waals surface area contributed by atoms with Crippen LogP contribution in [0.1, 0.15) is 24.1 Å².